The number of fused-ring (bicyclic) bond motifs is 1. The van der Waals surface area contributed by atoms with Gasteiger partial charge in [-0.3, -0.25) is 9.59 Å². The molecule has 0 spiro atoms. The van der Waals surface area contributed by atoms with Crippen molar-refractivity contribution >= 4 is 22.3 Å². The van der Waals surface area contributed by atoms with Gasteiger partial charge in [0.15, 0.2) is 23.1 Å². The molecule has 0 N–H and O–H groups in total. The molecule has 0 atom stereocenters. The second-order valence-electron chi connectivity index (χ2n) is 11.6. The quantitative estimate of drug-likeness (QED) is 0.225. The van der Waals surface area contributed by atoms with E-state index in [4.69, 9.17) is 9.47 Å². The first-order chi connectivity index (χ1) is 21.1. The second kappa shape index (κ2) is 11.6. The lowest BCUT2D eigenvalue weighted by Gasteiger charge is -2.44. The number of hydrogen-bond donors (Lipinski definition) is 0. The number of benzene rings is 4. The van der Waals surface area contributed by atoms with E-state index in [1.165, 1.54) is 10.9 Å². The van der Waals surface area contributed by atoms with Gasteiger partial charge < -0.3 is 14.4 Å². The van der Waals surface area contributed by atoms with Gasteiger partial charge in [-0.2, -0.15) is 0 Å². The van der Waals surface area contributed by atoms with Crippen molar-refractivity contribution in [3.05, 3.63) is 130 Å². The molecule has 0 radical (unpaired) electrons. The summed E-state index contributed by atoms with van der Waals surface area (Å²) in [5.74, 6) is 1.13. The lowest BCUT2D eigenvalue weighted by molar-refractivity contribution is -0.117. The molecule has 4 aromatic carbocycles. The van der Waals surface area contributed by atoms with Gasteiger partial charge in [-0.25, -0.2) is 0 Å². The molecular formula is C38H35NO4. The number of methoxy groups -OCH3 is 1. The molecule has 0 saturated carbocycles. The van der Waals surface area contributed by atoms with Gasteiger partial charge >= 0.3 is 0 Å². The summed E-state index contributed by atoms with van der Waals surface area (Å²) in [6.45, 7) is 1.06. The van der Waals surface area contributed by atoms with Crippen molar-refractivity contribution in [3.63, 3.8) is 0 Å². The largest absolute Gasteiger partial charge is 0.493 e. The highest BCUT2D eigenvalue weighted by atomic mass is 16.5. The zero-order valence-electron chi connectivity index (χ0n) is 24.5. The van der Waals surface area contributed by atoms with Gasteiger partial charge in [-0.15, -0.1) is 0 Å². The van der Waals surface area contributed by atoms with Gasteiger partial charge in [-0.1, -0.05) is 78.9 Å². The fraction of sp³-hybridized carbons (Fsp3) is 0.263. The number of allylic oxidation sites excluding steroid dienone is 4. The number of ether oxygens (including phenoxy) is 2. The van der Waals surface area contributed by atoms with Gasteiger partial charge in [0, 0.05) is 47.8 Å². The van der Waals surface area contributed by atoms with E-state index < -0.39 is 5.92 Å². The predicted octanol–water partition coefficient (Wildman–Crippen LogP) is 8.04. The van der Waals surface area contributed by atoms with Crippen LogP contribution < -0.4 is 9.47 Å². The standard InChI is InChI=1S/C38H35NO4/c1-42-35-22-27(20-21-34(35)43-24-28-14-7-13-26-12-5-6-15-29(26)28)36-37-30(16-8-18-32(37)40)39(23-25-10-3-2-4-11-25)31-17-9-19-33(41)38(31)36/h2-7,10-15,20-22,36H,8-9,16-19,23-24H2,1H3. The molecule has 3 aliphatic rings. The third-order valence-corrected chi connectivity index (χ3v) is 9.05. The Morgan fingerprint density at radius 1 is 0.721 bits per heavy atom. The Balaban J connectivity index is 1.27. The molecule has 2 aliphatic carbocycles. The predicted molar refractivity (Wildman–Crippen MR) is 168 cm³/mol. The Hall–Kier alpha value is -4.64. The van der Waals surface area contributed by atoms with E-state index in [1.54, 1.807) is 7.11 Å². The molecule has 0 unspecified atom stereocenters. The van der Waals surface area contributed by atoms with E-state index in [0.29, 0.717) is 37.5 Å². The van der Waals surface area contributed by atoms with Crippen molar-refractivity contribution in [3.8, 4) is 11.5 Å². The first-order valence-corrected chi connectivity index (χ1v) is 15.2. The van der Waals surface area contributed by atoms with Crippen LogP contribution in [-0.2, 0) is 22.7 Å². The average Bonchev–Trinajstić information content (AvgIpc) is 3.05. The Morgan fingerprint density at radius 3 is 2.12 bits per heavy atom. The molecule has 0 bridgehead atoms. The van der Waals surface area contributed by atoms with E-state index >= 15 is 0 Å². The molecular weight excluding hydrogens is 534 g/mol. The van der Waals surface area contributed by atoms with Crippen molar-refractivity contribution in [2.45, 2.75) is 57.6 Å². The lowest BCUT2D eigenvalue weighted by atomic mass is 9.71. The van der Waals surface area contributed by atoms with Crippen LogP contribution in [0, 0.1) is 0 Å². The van der Waals surface area contributed by atoms with E-state index in [1.807, 2.05) is 54.6 Å². The number of Topliss-reactive ketones (excluding diaryl/α,β-unsaturated/α-hetero) is 2. The molecule has 1 aliphatic heterocycles. The molecule has 1 heterocycles. The number of carbonyl (C=O) groups excluding carboxylic acids is 2. The highest BCUT2D eigenvalue weighted by molar-refractivity contribution is 6.06. The van der Waals surface area contributed by atoms with Crippen LogP contribution >= 0.6 is 0 Å². The molecule has 7 rings (SSSR count). The van der Waals surface area contributed by atoms with E-state index in [-0.39, 0.29) is 11.6 Å². The van der Waals surface area contributed by atoms with Gasteiger partial charge in [0.2, 0.25) is 0 Å². The summed E-state index contributed by atoms with van der Waals surface area (Å²) in [6.07, 6.45) is 4.34. The Bertz CT molecular complexity index is 1740. The van der Waals surface area contributed by atoms with Crippen molar-refractivity contribution in [1.82, 2.24) is 4.90 Å². The summed E-state index contributed by atoms with van der Waals surface area (Å²) in [5.41, 5.74) is 6.89. The summed E-state index contributed by atoms with van der Waals surface area (Å²) in [7, 11) is 1.64. The van der Waals surface area contributed by atoms with Crippen LogP contribution in [0.3, 0.4) is 0 Å². The third kappa shape index (κ3) is 5.03. The molecule has 0 amide bonds. The number of carbonyl (C=O) groups is 2. The molecule has 216 valence electrons. The summed E-state index contributed by atoms with van der Waals surface area (Å²) in [6, 6.07) is 30.8. The zero-order valence-corrected chi connectivity index (χ0v) is 24.5. The molecule has 43 heavy (non-hydrogen) atoms. The van der Waals surface area contributed by atoms with Crippen LogP contribution in [0.4, 0.5) is 0 Å². The molecule has 5 heteroatoms. The van der Waals surface area contributed by atoms with Crippen LogP contribution in [0.1, 0.15) is 61.1 Å². The molecule has 0 aromatic heterocycles. The molecule has 0 saturated heterocycles. The number of rotatable bonds is 7. The summed E-state index contributed by atoms with van der Waals surface area (Å²) in [5, 5.41) is 2.33. The van der Waals surface area contributed by atoms with Crippen LogP contribution in [0.25, 0.3) is 10.8 Å². The normalized spacial score (nSPS) is 17.3. The first kappa shape index (κ1) is 27.2. The summed E-state index contributed by atoms with van der Waals surface area (Å²) in [4.78, 5) is 29.7. The zero-order chi connectivity index (χ0) is 29.3. The lowest BCUT2D eigenvalue weighted by Crippen LogP contribution is -2.38. The van der Waals surface area contributed by atoms with Crippen molar-refractivity contribution < 1.29 is 19.1 Å². The molecule has 5 nitrogen and oxygen atoms in total. The third-order valence-electron chi connectivity index (χ3n) is 9.05. The highest BCUT2D eigenvalue weighted by Gasteiger charge is 2.43. The van der Waals surface area contributed by atoms with E-state index in [0.717, 1.165) is 64.7 Å². The van der Waals surface area contributed by atoms with Crippen molar-refractivity contribution in [2.75, 3.05) is 7.11 Å². The average molecular weight is 570 g/mol. The fourth-order valence-electron chi connectivity index (χ4n) is 7.06. The first-order valence-electron chi connectivity index (χ1n) is 15.2. The second-order valence-corrected chi connectivity index (χ2v) is 11.6. The van der Waals surface area contributed by atoms with Crippen molar-refractivity contribution in [2.24, 2.45) is 0 Å². The monoisotopic (exact) mass is 569 g/mol. The Morgan fingerprint density at radius 2 is 1.40 bits per heavy atom. The van der Waals surface area contributed by atoms with Gasteiger partial charge in [0.1, 0.15) is 6.61 Å². The number of hydrogen-bond acceptors (Lipinski definition) is 5. The maximum absolute atomic E-state index is 13.7. The van der Waals surface area contributed by atoms with Crippen LogP contribution in [0.2, 0.25) is 0 Å². The minimum Gasteiger partial charge on any atom is -0.493 e. The van der Waals surface area contributed by atoms with Crippen LogP contribution in [0.15, 0.2) is 114 Å². The van der Waals surface area contributed by atoms with E-state index in [9.17, 15) is 9.59 Å². The molecule has 0 fully saturated rings. The summed E-state index contributed by atoms with van der Waals surface area (Å²) >= 11 is 0. The van der Waals surface area contributed by atoms with Gasteiger partial charge in [0.05, 0.1) is 7.11 Å². The smallest absolute Gasteiger partial charge is 0.161 e. The Kier molecular flexibility index (Phi) is 7.32. The molecule has 4 aromatic rings. The maximum atomic E-state index is 13.7. The minimum absolute atomic E-state index is 0.143. The van der Waals surface area contributed by atoms with Crippen molar-refractivity contribution in [1.29, 1.82) is 0 Å². The SMILES string of the molecule is COc1cc(C2C3=C(CCCC3=O)N(Cc3ccccc3)C3=C2C(=O)CCC3)ccc1OCc1cccc2ccccc12. The number of ketones is 2. The van der Waals surface area contributed by atoms with Crippen LogP contribution in [-0.4, -0.2) is 23.6 Å². The number of nitrogens with zero attached hydrogens (tertiary/aromatic N) is 1. The van der Waals surface area contributed by atoms with Gasteiger partial charge in [-0.05, 0) is 65.3 Å². The minimum atomic E-state index is -0.390. The van der Waals surface area contributed by atoms with E-state index in [2.05, 4.69) is 41.3 Å². The topological polar surface area (TPSA) is 55.8 Å². The highest BCUT2D eigenvalue weighted by Crippen LogP contribution is 2.50. The summed E-state index contributed by atoms with van der Waals surface area (Å²) < 4.78 is 12.2. The maximum Gasteiger partial charge on any atom is 0.161 e. The van der Waals surface area contributed by atoms with Gasteiger partial charge in [0.25, 0.3) is 0 Å². The fourth-order valence-corrected chi connectivity index (χ4v) is 7.06. The Labute approximate surface area is 252 Å². The van der Waals surface area contributed by atoms with Crippen LogP contribution in [0.5, 0.6) is 11.5 Å².